The van der Waals surface area contributed by atoms with Crippen LogP contribution in [0, 0.1) is 0 Å². The second-order valence-electron chi connectivity index (χ2n) is 4.08. The van der Waals surface area contributed by atoms with Crippen LogP contribution in [0.2, 0.25) is 0 Å². The number of aromatic nitrogens is 3. The maximum absolute atomic E-state index is 12.1. The third-order valence-corrected chi connectivity index (χ3v) is 2.92. The molecule has 1 aromatic carbocycles. The van der Waals surface area contributed by atoms with Crippen LogP contribution in [0.3, 0.4) is 0 Å². The van der Waals surface area contributed by atoms with Gasteiger partial charge in [0.15, 0.2) is 0 Å². The molecule has 3 rings (SSSR count). The Bertz CT molecular complexity index is 713. The van der Waals surface area contributed by atoms with Gasteiger partial charge in [-0.1, -0.05) is 18.2 Å². The fourth-order valence-electron chi connectivity index (χ4n) is 2.13. The Morgan fingerprint density at radius 1 is 1.37 bits per heavy atom. The molecule has 0 radical (unpaired) electrons. The van der Waals surface area contributed by atoms with Crippen molar-refractivity contribution in [3.8, 4) is 11.4 Å². The number of nitrogens with one attached hydrogen (secondary N) is 1. The van der Waals surface area contributed by atoms with Gasteiger partial charge in [-0.25, -0.2) is 9.36 Å². The molecular weight excluding hydrogens is 242 g/mol. The lowest BCUT2D eigenvalue weighted by Crippen LogP contribution is -2.14. The number of hydrogen-bond donors (Lipinski definition) is 1. The van der Waals surface area contributed by atoms with Gasteiger partial charge < -0.3 is 4.74 Å². The first-order chi connectivity index (χ1) is 9.31. The number of aromatic amines is 1. The van der Waals surface area contributed by atoms with Crippen LogP contribution in [0.4, 0.5) is 4.79 Å². The van der Waals surface area contributed by atoms with Crippen LogP contribution in [0.5, 0.6) is 0 Å². The molecule has 0 atom stereocenters. The number of hydrogen-bond acceptors (Lipinski definition) is 3. The minimum atomic E-state index is -0.387. The van der Waals surface area contributed by atoms with Crippen molar-refractivity contribution in [1.29, 1.82) is 0 Å². The van der Waals surface area contributed by atoms with E-state index in [1.165, 1.54) is 0 Å². The van der Waals surface area contributed by atoms with Gasteiger partial charge in [0.25, 0.3) is 0 Å². The maximum atomic E-state index is 12.1. The number of para-hydroxylation sites is 1. The molecule has 0 unspecified atom stereocenters. The summed E-state index contributed by atoms with van der Waals surface area (Å²) in [7, 11) is 0. The Morgan fingerprint density at radius 2 is 2.21 bits per heavy atom. The Labute approximate surface area is 109 Å². The zero-order chi connectivity index (χ0) is 13.2. The van der Waals surface area contributed by atoms with Crippen molar-refractivity contribution in [2.45, 2.75) is 6.92 Å². The Kier molecular flexibility index (Phi) is 2.79. The fraction of sp³-hybridized carbons (Fsp3) is 0.143. The van der Waals surface area contributed by atoms with Crippen molar-refractivity contribution in [3.05, 3.63) is 42.6 Å². The molecule has 2 heterocycles. The van der Waals surface area contributed by atoms with Gasteiger partial charge in [0.2, 0.25) is 0 Å². The van der Waals surface area contributed by atoms with Gasteiger partial charge in [0, 0.05) is 11.6 Å². The summed E-state index contributed by atoms with van der Waals surface area (Å²) in [4.78, 5) is 12.1. The Hall–Kier alpha value is -2.56. The lowest BCUT2D eigenvalue weighted by Gasteiger charge is -2.07. The number of H-pyrrole nitrogens is 1. The third-order valence-electron chi connectivity index (χ3n) is 2.92. The number of benzene rings is 1. The standard InChI is InChI=1S/C14H13N3O2/c1-2-19-14(18)17-12-6-4-3-5-10(12)9-13(17)11-7-8-15-16-11/h3-9H,2H2,1H3,(H,15,16). The average Bonchev–Trinajstić information content (AvgIpc) is 3.06. The van der Waals surface area contributed by atoms with E-state index in [-0.39, 0.29) is 6.09 Å². The monoisotopic (exact) mass is 255 g/mol. The first-order valence-electron chi connectivity index (χ1n) is 6.09. The highest BCUT2D eigenvalue weighted by Crippen LogP contribution is 2.27. The first-order valence-corrected chi connectivity index (χ1v) is 6.09. The predicted molar refractivity (Wildman–Crippen MR) is 71.9 cm³/mol. The van der Waals surface area contributed by atoms with Crippen molar-refractivity contribution in [1.82, 2.24) is 14.8 Å². The molecule has 3 aromatic rings. The number of carbonyl (C=O) groups excluding carboxylic acids is 1. The van der Waals surface area contributed by atoms with Crippen LogP contribution in [-0.4, -0.2) is 27.5 Å². The maximum Gasteiger partial charge on any atom is 0.419 e. The summed E-state index contributed by atoms with van der Waals surface area (Å²) in [6.45, 7) is 2.13. The van der Waals surface area contributed by atoms with Crippen LogP contribution < -0.4 is 0 Å². The number of nitrogens with zero attached hydrogens (tertiary/aromatic N) is 2. The normalized spacial score (nSPS) is 10.8. The summed E-state index contributed by atoms with van der Waals surface area (Å²) in [6, 6.07) is 11.4. The van der Waals surface area contributed by atoms with Crippen molar-refractivity contribution >= 4 is 17.0 Å². The molecule has 0 spiro atoms. The lowest BCUT2D eigenvalue weighted by molar-refractivity contribution is 0.155. The summed E-state index contributed by atoms with van der Waals surface area (Å²) in [5.74, 6) is 0. The third kappa shape index (κ3) is 1.89. The van der Waals surface area contributed by atoms with Gasteiger partial charge in [-0.15, -0.1) is 0 Å². The molecule has 0 aliphatic rings. The highest BCUT2D eigenvalue weighted by Gasteiger charge is 2.17. The summed E-state index contributed by atoms with van der Waals surface area (Å²) >= 11 is 0. The van der Waals surface area contributed by atoms with Crippen LogP contribution in [0.1, 0.15) is 6.92 Å². The van der Waals surface area contributed by atoms with E-state index in [2.05, 4.69) is 10.2 Å². The van der Waals surface area contributed by atoms with Crippen molar-refractivity contribution in [3.63, 3.8) is 0 Å². The predicted octanol–water partition coefficient (Wildman–Crippen LogP) is 3.04. The second kappa shape index (κ2) is 4.61. The molecule has 19 heavy (non-hydrogen) atoms. The van der Waals surface area contributed by atoms with Crippen molar-refractivity contribution in [2.75, 3.05) is 6.61 Å². The fourth-order valence-corrected chi connectivity index (χ4v) is 2.13. The van der Waals surface area contributed by atoms with E-state index in [4.69, 9.17) is 4.74 Å². The van der Waals surface area contributed by atoms with E-state index in [9.17, 15) is 4.79 Å². The molecular formula is C14H13N3O2. The largest absolute Gasteiger partial charge is 0.449 e. The first kappa shape index (κ1) is 11.5. The molecule has 96 valence electrons. The van der Waals surface area contributed by atoms with E-state index >= 15 is 0 Å². The highest BCUT2D eigenvalue weighted by atomic mass is 16.5. The minimum Gasteiger partial charge on any atom is -0.449 e. The summed E-state index contributed by atoms with van der Waals surface area (Å²) in [5, 5.41) is 7.87. The van der Waals surface area contributed by atoms with Gasteiger partial charge >= 0.3 is 6.09 Å². The quantitative estimate of drug-likeness (QED) is 0.765. The van der Waals surface area contributed by atoms with Crippen LogP contribution >= 0.6 is 0 Å². The molecule has 0 saturated carbocycles. The minimum absolute atomic E-state index is 0.339. The van der Waals surface area contributed by atoms with Gasteiger partial charge in [0.1, 0.15) is 5.69 Å². The number of ether oxygens (including phenoxy) is 1. The van der Waals surface area contributed by atoms with Crippen LogP contribution in [0.15, 0.2) is 42.6 Å². The topological polar surface area (TPSA) is 59.9 Å². The van der Waals surface area contributed by atoms with Crippen molar-refractivity contribution in [2.24, 2.45) is 0 Å². The van der Waals surface area contributed by atoms with Gasteiger partial charge in [-0.2, -0.15) is 5.10 Å². The number of fused-ring (bicyclic) bond motifs is 1. The number of carbonyl (C=O) groups is 1. The van der Waals surface area contributed by atoms with Gasteiger partial charge in [-0.3, -0.25) is 5.10 Å². The molecule has 0 saturated heterocycles. The Morgan fingerprint density at radius 3 is 2.95 bits per heavy atom. The molecule has 5 nitrogen and oxygen atoms in total. The molecule has 0 bridgehead atoms. The van der Waals surface area contributed by atoms with Crippen LogP contribution in [0.25, 0.3) is 22.3 Å². The smallest absolute Gasteiger partial charge is 0.419 e. The van der Waals surface area contributed by atoms with Gasteiger partial charge in [0.05, 0.1) is 17.8 Å². The van der Waals surface area contributed by atoms with E-state index in [0.717, 1.165) is 16.6 Å². The molecule has 5 heteroatoms. The highest BCUT2D eigenvalue weighted by molar-refractivity contribution is 5.95. The van der Waals surface area contributed by atoms with E-state index in [0.29, 0.717) is 12.3 Å². The van der Waals surface area contributed by atoms with Crippen molar-refractivity contribution < 1.29 is 9.53 Å². The van der Waals surface area contributed by atoms with Crippen LogP contribution in [-0.2, 0) is 4.74 Å². The van der Waals surface area contributed by atoms with E-state index < -0.39 is 0 Å². The van der Waals surface area contributed by atoms with E-state index in [1.807, 2.05) is 36.4 Å². The van der Waals surface area contributed by atoms with E-state index in [1.54, 1.807) is 17.7 Å². The number of rotatable bonds is 2. The molecule has 0 aliphatic heterocycles. The average molecular weight is 255 g/mol. The summed E-state index contributed by atoms with van der Waals surface area (Å²) in [5.41, 5.74) is 2.25. The zero-order valence-corrected chi connectivity index (χ0v) is 10.5. The summed E-state index contributed by atoms with van der Waals surface area (Å²) < 4.78 is 6.67. The zero-order valence-electron chi connectivity index (χ0n) is 10.5. The molecule has 1 N–H and O–H groups in total. The second-order valence-corrected chi connectivity index (χ2v) is 4.08. The molecule has 0 aliphatic carbocycles. The summed E-state index contributed by atoms with van der Waals surface area (Å²) in [6.07, 6.45) is 1.34. The SMILES string of the molecule is CCOC(=O)n1c(-c2cc[nH]n2)cc2ccccc21. The van der Waals surface area contributed by atoms with Gasteiger partial charge in [-0.05, 0) is 25.1 Å². The lowest BCUT2D eigenvalue weighted by atomic mass is 10.2. The molecule has 0 amide bonds. The molecule has 2 aromatic heterocycles. The molecule has 0 fully saturated rings. The Balaban J connectivity index is 2.25.